The Bertz CT molecular complexity index is 643. The summed E-state index contributed by atoms with van der Waals surface area (Å²) >= 11 is 0. The lowest BCUT2D eigenvalue weighted by molar-refractivity contribution is 0.0993. The monoisotopic (exact) mass is 274 g/mol. The van der Waals surface area contributed by atoms with Crippen LogP contribution in [0.15, 0.2) is 18.6 Å². The number of rotatable bonds is 2. The molecule has 7 heteroatoms. The molecule has 1 amide bonds. The molecule has 0 aliphatic carbocycles. The number of hydrogen-bond donors (Lipinski definition) is 1. The third-order valence-corrected chi connectivity index (χ3v) is 3.56. The number of nitrogens with one attached hydrogen (secondary N) is 1. The molecular formula is C13H18N6O. The van der Waals surface area contributed by atoms with E-state index < -0.39 is 0 Å². The normalized spacial score (nSPS) is 17.4. The smallest absolute Gasteiger partial charge is 0.263 e. The minimum Gasteiger partial charge on any atom is -0.369 e. The molecule has 1 aliphatic heterocycles. The van der Waals surface area contributed by atoms with Gasteiger partial charge in [-0.25, -0.2) is 4.68 Å². The van der Waals surface area contributed by atoms with Crippen LogP contribution in [0, 0.1) is 5.92 Å². The minimum atomic E-state index is -0.0821. The van der Waals surface area contributed by atoms with E-state index >= 15 is 0 Å². The molecule has 3 heterocycles. The van der Waals surface area contributed by atoms with Crippen molar-refractivity contribution in [2.24, 2.45) is 13.0 Å². The van der Waals surface area contributed by atoms with Gasteiger partial charge in [0.25, 0.3) is 5.91 Å². The second-order valence-electron chi connectivity index (χ2n) is 5.31. The van der Waals surface area contributed by atoms with E-state index in [0.717, 1.165) is 24.6 Å². The molecule has 0 aromatic carbocycles. The van der Waals surface area contributed by atoms with Crippen molar-refractivity contribution in [3.63, 3.8) is 0 Å². The van der Waals surface area contributed by atoms with Gasteiger partial charge in [-0.3, -0.25) is 9.48 Å². The van der Waals surface area contributed by atoms with Gasteiger partial charge in [0, 0.05) is 33.4 Å². The highest BCUT2D eigenvalue weighted by Gasteiger charge is 2.25. The molecule has 1 unspecified atom stereocenters. The molecule has 0 saturated heterocycles. The number of nitrogens with zero attached hydrogens (tertiary/aromatic N) is 5. The summed E-state index contributed by atoms with van der Waals surface area (Å²) in [6.45, 7) is 3.86. The zero-order chi connectivity index (χ0) is 14.3. The summed E-state index contributed by atoms with van der Waals surface area (Å²) in [5.74, 6) is 1.24. The molecule has 1 atom stereocenters. The molecule has 0 spiro atoms. The molecule has 0 saturated carbocycles. The second-order valence-corrected chi connectivity index (χ2v) is 5.31. The van der Waals surface area contributed by atoms with Gasteiger partial charge in [-0.2, -0.15) is 10.2 Å². The average molecular weight is 274 g/mol. The first kappa shape index (κ1) is 12.7. The number of aromatic nitrogens is 4. The van der Waals surface area contributed by atoms with Crippen molar-refractivity contribution in [2.75, 3.05) is 23.8 Å². The number of fused-ring (bicyclic) bond motifs is 1. The number of carbonyl (C=O) groups is 1. The number of carbonyl (C=O) groups excluding carboxylic acids is 1. The zero-order valence-corrected chi connectivity index (χ0v) is 11.9. The molecule has 1 N–H and O–H groups in total. The summed E-state index contributed by atoms with van der Waals surface area (Å²) in [6, 6.07) is 0. The molecule has 2 aromatic heterocycles. The van der Waals surface area contributed by atoms with E-state index in [0.29, 0.717) is 11.5 Å². The first-order chi connectivity index (χ1) is 9.56. The third kappa shape index (κ3) is 2.04. The van der Waals surface area contributed by atoms with Gasteiger partial charge in [-0.15, -0.1) is 0 Å². The van der Waals surface area contributed by atoms with Crippen LogP contribution in [0.2, 0.25) is 0 Å². The Kier molecular flexibility index (Phi) is 2.96. The minimum absolute atomic E-state index is 0.0821. The topological polar surface area (TPSA) is 68.0 Å². The lowest BCUT2D eigenvalue weighted by atomic mass is 10.1. The fraction of sp³-hybridized carbons (Fsp3) is 0.462. The molecule has 0 fully saturated rings. The standard InChI is InChI=1S/C13H18N6O/c1-9-4-14-12-11(6-16-19(12)7-9)13(20)18(3)10-5-15-17(2)8-10/h5-6,8-9,14H,4,7H2,1-3H3. The van der Waals surface area contributed by atoms with Gasteiger partial charge in [-0.1, -0.05) is 6.92 Å². The third-order valence-electron chi connectivity index (χ3n) is 3.56. The fourth-order valence-electron chi connectivity index (χ4n) is 2.38. The predicted octanol–water partition coefficient (Wildman–Crippen LogP) is 0.955. The van der Waals surface area contributed by atoms with Gasteiger partial charge in [0.15, 0.2) is 0 Å². The van der Waals surface area contributed by atoms with E-state index in [4.69, 9.17) is 0 Å². The molecule has 0 radical (unpaired) electrons. The van der Waals surface area contributed by atoms with E-state index in [1.807, 2.05) is 17.9 Å². The number of hydrogen-bond acceptors (Lipinski definition) is 4. The Morgan fingerprint density at radius 2 is 2.25 bits per heavy atom. The van der Waals surface area contributed by atoms with Gasteiger partial charge >= 0.3 is 0 Å². The van der Waals surface area contributed by atoms with E-state index in [-0.39, 0.29) is 5.91 Å². The lowest BCUT2D eigenvalue weighted by Gasteiger charge is -2.23. The van der Waals surface area contributed by atoms with Crippen LogP contribution in [0.25, 0.3) is 0 Å². The lowest BCUT2D eigenvalue weighted by Crippen LogP contribution is -2.30. The van der Waals surface area contributed by atoms with E-state index in [9.17, 15) is 4.79 Å². The molecular weight excluding hydrogens is 256 g/mol. The van der Waals surface area contributed by atoms with E-state index in [1.165, 1.54) is 0 Å². The highest BCUT2D eigenvalue weighted by Crippen LogP contribution is 2.24. The van der Waals surface area contributed by atoms with Crippen LogP contribution in [-0.2, 0) is 13.6 Å². The van der Waals surface area contributed by atoms with Gasteiger partial charge in [0.2, 0.25) is 0 Å². The average Bonchev–Trinajstić information content (AvgIpc) is 3.02. The maximum absolute atomic E-state index is 12.6. The summed E-state index contributed by atoms with van der Waals surface area (Å²) in [5.41, 5.74) is 1.37. The maximum atomic E-state index is 12.6. The SMILES string of the molecule is CC1CNc2c(C(=O)N(C)c3cnn(C)c3)cnn2C1. The van der Waals surface area contributed by atoms with E-state index in [1.54, 1.807) is 29.0 Å². The number of amides is 1. The molecule has 106 valence electrons. The highest BCUT2D eigenvalue weighted by atomic mass is 16.2. The summed E-state index contributed by atoms with van der Waals surface area (Å²) < 4.78 is 3.53. The summed E-state index contributed by atoms with van der Waals surface area (Å²) in [5, 5.41) is 11.7. The summed E-state index contributed by atoms with van der Waals surface area (Å²) in [7, 11) is 3.57. The van der Waals surface area contributed by atoms with Crippen molar-refractivity contribution in [1.29, 1.82) is 0 Å². The Morgan fingerprint density at radius 3 is 2.95 bits per heavy atom. The molecule has 20 heavy (non-hydrogen) atoms. The zero-order valence-electron chi connectivity index (χ0n) is 11.9. The Hall–Kier alpha value is -2.31. The van der Waals surface area contributed by atoms with Crippen LogP contribution in [0.1, 0.15) is 17.3 Å². The Labute approximate surface area is 117 Å². The molecule has 3 rings (SSSR count). The van der Waals surface area contributed by atoms with E-state index in [2.05, 4.69) is 22.4 Å². The van der Waals surface area contributed by atoms with Crippen LogP contribution in [0.5, 0.6) is 0 Å². The first-order valence-corrected chi connectivity index (χ1v) is 6.62. The molecule has 7 nitrogen and oxygen atoms in total. The largest absolute Gasteiger partial charge is 0.369 e. The van der Waals surface area contributed by atoms with Crippen molar-refractivity contribution in [3.05, 3.63) is 24.2 Å². The second kappa shape index (κ2) is 4.66. The fourth-order valence-corrected chi connectivity index (χ4v) is 2.38. The van der Waals surface area contributed by atoms with Crippen molar-refractivity contribution in [1.82, 2.24) is 19.6 Å². The quantitative estimate of drug-likeness (QED) is 0.885. The van der Waals surface area contributed by atoms with Crippen molar-refractivity contribution in [3.8, 4) is 0 Å². The Balaban J connectivity index is 1.88. The van der Waals surface area contributed by atoms with Crippen LogP contribution in [0.4, 0.5) is 11.5 Å². The molecule has 0 bridgehead atoms. The maximum Gasteiger partial charge on any atom is 0.263 e. The van der Waals surface area contributed by atoms with Gasteiger partial charge < -0.3 is 10.2 Å². The summed E-state index contributed by atoms with van der Waals surface area (Å²) in [6.07, 6.45) is 5.11. The van der Waals surface area contributed by atoms with Gasteiger partial charge in [0.1, 0.15) is 11.4 Å². The van der Waals surface area contributed by atoms with Crippen LogP contribution in [-0.4, -0.2) is 39.1 Å². The number of anilines is 2. The highest BCUT2D eigenvalue weighted by molar-refractivity contribution is 6.08. The van der Waals surface area contributed by atoms with Crippen LogP contribution in [0.3, 0.4) is 0 Å². The van der Waals surface area contributed by atoms with Crippen molar-refractivity contribution >= 4 is 17.4 Å². The Morgan fingerprint density at radius 1 is 1.45 bits per heavy atom. The van der Waals surface area contributed by atoms with Gasteiger partial charge in [0.05, 0.1) is 18.1 Å². The molecule has 1 aliphatic rings. The van der Waals surface area contributed by atoms with Crippen molar-refractivity contribution < 1.29 is 4.79 Å². The van der Waals surface area contributed by atoms with Crippen molar-refractivity contribution in [2.45, 2.75) is 13.5 Å². The van der Waals surface area contributed by atoms with Crippen LogP contribution >= 0.6 is 0 Å². The summed E-state index contributed by atoms with van der Waals surface area (Å²) in [4.78, 5) is 14.2. The van der Waals surface area contributed by atoms with Gasteiger partial charge in [-0.05, 0) is 5.92 Å². The number of aryl methyl sites for hydroxylation is 1. The first-order valence-electron chi connectivity index (χ1n) is 6.62. The van der Waals surface area contributed by atoms with Crippen LogP contribution < -0.4 is 10.2 Å². The predicted molar refractivity (Wildman–Crippen MR) is 75.8 cm³/mol. The molecule has 2 aromatic rings.